The van der Waals surface area contributed by atoms with Crippen LogP contribution in [0.1, 0.15) is 34.1 Å². The third kappa shape index (κ3) is 3.32. The third-order valence-electron chi connectivity index (χ3n) is 5.58. The van der Waals surface area contributed by atoms with Crippen LogP contribution in [0.25, 0.3) is 16.8 Å². The molecule has 1 aliphatic carbocycles. The lowest BCUT2D eigenvalue weighted by Gasteiger charge is -2.22. The number of aromatic nitrogens is 3. The molecular weight excluding hydrogens is 403 g/mol. The molecule has 0 fully saturated rings. The zero-order valence-electron chi connectivity index (χ0n) is 16.2. The van der Waals surface area contributed by atoms with Crippen LogP contribution in [0.2, 0.25) is 0 Å². The zero-order chi connectivity index (χ0) is 21.5. The fourth-order valence-corrected chi connectivity index (χ4v) is 4.10. The van der Waals surface area contributed by atoms with E-state index >= 15 is 0 Å². The van der Waals surface area contributed by atoms with E-state index in [9.17, 15) is 18.0 Å². The number of Topliss-reactive ketones (excluding diaryl/α,β-unsaturated/α-hetero) is 1. The Balaban J connectivity index is 1.58. The molecule has 0 saturated carbocycles. The molecule has 1 aliphatic rings. The van der Waals surface area contributed by atoms with Gasteiger partial charge in [0, 0.05) is 24.1 Å². The van der Waals surface area contributed by atoms with Crippen molar-refractivity contribution in [1.29, 1.82) is 0 Å². The molecule has 5 rings (SSSR count). The van der Waals surface area contributed by atoms with Gasteiger partial charge in [-0.25, -0.2) is 17.9 Å². The molecule has 0 N–H and O–H groups in total. The molecule has 0 spiro atoms. The largest absolute Gasteiger partial charge is 0.292 e. The van der Waals surface area contributed by atoms with Crippen molar-refractivity contribution in [2.24, 2.45) is 0 Å². The Morgan fingerprint density at radius 3 is 2.23 bits per heavy atom. The summed E-state index contributed by atoms with van der Waals surface area (Å²) < 4.78 is 45.1. The van der Waals surface area contributed by atoms with Crippen LogP contribution in [-0.4, -0.2) is 20.8 Å². The van der Waals surface area contributed by atoms with E-state index in [0.717, 1.165) is 23.8 Å². The highest BCUT2D eigenvalue weighted by molar-refractivity contribution is 5.97. The second kappa shape index (κ2) is 7.50. The van der Waals surface area contributed by atoms with Gasteiger partial charge in [-0.1, -0.05) is 53.7 Å². The van der Waals surface area contributed by atoms with E-state index in [1.807, 2.05) is 30.3 Å². The number of benzene rings is 3. The third-order valence-corrected chi connectivity index (χ3v) is 5.58. The van der Waals surface area contributed by atoms with E-state index in [1.54, 1.807) is 0 Å². The first kappa shape index (κ1) is 19.2. The van der Waals surface area contributed by atoms with Crippen LogP contribution >= 0.6 is 0 Å². The SMILES string of the molecule is O=C1CC(c2ccccc2)Cc2c1nnn2-c1cc(F)c(-c2ccccc2F)c(F)c1. The molecule has 7 heteroatoms. The highest BCUT2D eigenvalue weighted by Gasteiger charge is 2.32. The molecule has 1 heterocycles. The number of hydrogen-bond acceptors (Lipinski definition) is 3. The summed E-state index contributed by atoms with van der Waals surface area (Å²) in [5, 5.41) is 7.94. The van der Waals surface area contributed by atoms with Crippen LogP contribution in [-0.2, 0) is 6.42 Å². The molecule has 0 bridgehead atoms. The second-order valence-corrected chi connectivity index (χ2v) is 7.50. The molecule has 0 amide bonds. The molecule has 3 aromatic carbocycles. The minimum Gasteiger partial charge on any atom is -0.292 e. The predicted molar refractivity (Wildman–Crippen MR) is 109 cm³/mol. The lowest BCUT2D eigenvalue weighted by atomic mass is 9.83. The normalized spacial score (nSPS) is 15.7. The van der Waals surface area contributed by atoms with Crippen molar-refractivity contribution in [3.63, 3.8) is 0 Å². The predicted octanol–water partition coefficient (Wildman–Crippen LogP) is 5.26. The number of fused-ring (bicyclic) bond motifs is 1. The summed E-state index contributed by atoms with van der Waals surface area (Å²) in [4.78, 5) is 12.6. The maximum atomic E-state index is 14.9. The summed E-state index contributed by atoms with van der Waals surface area (Å²) in [6, 6.07) is 17.2. The molecule has 1 atom stereocenters. The first-order chi connectivity index (χ1) is 15.0. The summed E-state index contributed by atoms with van der Waals surface area (Å²) in [5.74, 6) is -2.81. The molecule has 0 radical (unpaired) electrons. The van der Waals surface area contributed by atoms with Crippen LogP contribution in [0.3, 0.4) is 0 Å². The quantitative estimate of drug-likeness (QED) is 0.455. The Kier molecular flexibility index (Phi) is 4.66. The lowest BCUT2D eigenvalue weighted by molar-refractivity contribution is 0.0958. The van der Waals surface area contributed by atoms with Gasteiger partial charge in [-0.15, -0.1) is 5.10 Å². The lowest BCUT2D eigenvalue weighted by Crippen LogP contribution is -2.20. The number of carbonyl (C=O) groups excluding carboxylic acids is 1. The second-order valence-electron chi connectivity index (χ2n) is 7.50. The number of halogens is 3. The van der Waals surface area contributed by atoms with Crippen molar-refractivity contribution in [3.8, 4) is 16.8 Å². The molecular formula is C24H16F3N3O. The standard InChI is InChI=1S/C24H16F3N3O/c25-18-9-5-4-8-17(18)23-19(26)12-16(13-20(23)27)30-21-10-15(14-6-2-1-3-7-14)11-22(31)24(21)28-29-30/h1-9,12-13,15H,10-11H2. The smallest absolute Gasteiger partial charge is 0.185 e. The fourth-order valence-electron chi connectivity index (χ4n) is 4.10. The molecule has 4 nitrogen and oxygen atoms in total. The maximum Gasteiger partial charge on any atom is 0.185 e. The van der Waals surface area contributed by atoms with E-state index in [2.05, 4.69) is 10.3 Å². The van der Waals surface area contributed by atoms with Crippen molar-refractivity contribution in [1.82, 2.24) is 15.0 Å². The monoisotopic (exact) mass is 419 g/mol. The number of hydrogen-bond donors (Lipinski definition) is 0. The van der Waals surface area contributed by atoms with Gasteiger partial charge in [0.2, 0.25) is 0 Å². The molecule has 1 aromatic heterocycles. The highest BCUT2D eigenvalue weighted by Crippen LogP contribution is 2.34. The maximum absolute atomic E-state index is 14.9. The van der Waals surface area contributed by atoms with E-state index in [0.29, 0.717) is 18.5 Å². The molecule has 0 aliphatic heterocycles. The van der Waals surface area contributed by atoms with E-state index < -0.39 is 23.0 Å². The Morgan fingerprint density at radius 2 is 1.52 bits per heavy atom. The van der Waals surface area contributed by atoms with Crippen molar-refractivity contribution in [2.45, 2.75) is 18.8 Å². The van der Waals surface area contributed by atoms with E-state index in [-0.39, 0.29) is 28.6 Å². The number of ketones is 1. The topological polar surface area (TPSA) is 47.8 Å². The summed E-state index contributed by atoms with van der Waals surface area (Å²) in [5.41, 5.74) is 1.19. The average molecular weight is 419 g/mol. The van der Waals surface area contributed by atoms with Crippen LogP contribution < -0.4 is 0 Å². The van der Waals surface area contributed by atoms with Crippen molar-refractivity contribution in [2.75, 3.05) is 0 Å². The van der Waals surface area contributed by atoms with Gasteiger partial charge in [0.1, 0.15) is 17.5 Å². The highest BCUT2D eigenvalue weighted by atomic mass is 19.1. The van der Waals surface area contributed by atoms with Crippen molar-refractivity contribution >= 4 is 5.78 Å². The molecule has 1 unspecified atom stereocenters. The van der Waals surface area contributed by atoms with Gasteiger partial charge in [0.25, 0.3) is 0 Å². The van der Waals surface area contributed by atoms with Crippen LogP contribution in [0.5, 0.6) is 0 Å². The zero-order valence-corrected chi connectivity index (χ0v) is 16.2. The van der Waals surface area contributed by atoms with E-state index in [4.69, 9.17) is 0 Å². The van der Waals surface area contributed by atoms with Gasteiger partial charge in [-0.3, -0.25) is 4.79 Å². The fraction of sp³-hybridized carbons (Fsp3) is 0.125. The Morgan fingerprint density at radius 1 is 0.839 bits per heavy atom. The molecule has 4 aromatic rings. The summed E-state index contributed by atoms with van der Waals surface area (Å²) in [6.07, 6.45) is 0.751. The Labute approximate surface area is 176 Å². The van der Waals surface area contributed by atoms with Crippen LogP contribution in [0.15, 0.2) is 66.7 Å². The van der Waals surface area contributed by atoms with Gasteiger partial charge in [-0.2, -0.15) is 0 Å². The summed E-state index contributed by atoms with van der Waals surface area (Å²) in [7, 11) is 0. The first-order valence-corrected chi connectivity index (χ1v) is 9.80. The summed E-state index contributed by atoms with van der Waals surface area (Å²) >= 11 is 0. The van der Waals surface area contributed by atoms with Gasteiger partial charge in [0.05, 0.1) is 16.9 Å². The minimum atomic E-state index is -0.925. The summed E-state index contributed by atoms with van der Waals surface area (Å²) in [6.45, 7) is 0. The van der Waals surface area contributed by atoms with E-state index in [1.165, 1.54) is 22.9 Å². The average Bonchev–Trinajstić information content (AvgIpc) is 3.20. The van der Waals surface area contributed by atoms with Gasteiger partial charge in [-0.05, 0) is 24.0 Å². The number of nitrogens with zero attached hydrogens (tertiary/aromatic N) is 3. The van der Waals surface area contributed by atoms with Gasteiger partial charge < -0.3 is 0 Å². The number of rotatable bonds is 3. The van der Waals surface area contributed by atoms with Crippen molar-refractivity contribution in [3.05, 3.63) is 101 Å². The van der Waals surface area contributed by atoms with Gasteiger partial charge in [0.15, 0.2) is 11.5 Å². The Hall–Kier alpha value is -3.74. The van der Waals surface area contributed by atoms with Gasteiger partial charge >= 0.3 is 0 Å². The molecule has 0 saturated heterocycles. The molecule has 154 valence electrons. The number of carbonyl (C=O) groups is 1. The first-order valence-electron chi connectivity index (χ1n) is 9.80. The minimum absolute atomic E-state index is 0.0779. The molecule has 31 heavy (non-hydrogen) atoms. The van der Waals surface area contributed by atoms with Crippen LogP contribution in [0, 0.1) is 17.5 Å². The van der Waals surface area contributed by atoms with Crippen molar-refractivity contribution < 1.29 is 18.0 Å². The Bertz CT molecular complexity index is 1280. The van der Waals surface area contributed by atoms with Crippen LogP contribution in [0.4, 0.5) is 13.2 Å².